The van der Waals surface area contributed by atoms with Crippen molar-refractivity contribution in [2.75, 3.05) is 6.54 Å². The van der Waals surface area contributed by atoms with E-state index in [0.29, 0.717) is 12.1 Å². The molecule has 1 aliphatic rings. The van der Waals surface area contributed by atoms with Crippen LogP contribution >= 0.6 is 11.3 Å². The van der Waals surface area contributed by atoms with E-state index in [1.807, 2.05) is 11.8 Å². The summed E-state index contributed by atoms with van der Waals surface area (Å²) in [6.45, 7) is 8.09. The van der Waals surface area contributed by atoms with Crippen LogP contribution < -0.4 is 4.72 Å². The number of nitrogens with zero attached hydrogens (tertiary/aromatic N) is 1. The normalized spacial score (nSPS) is 17.8. The molecule has 1 aromatic heterocycles. The van der Waals surface area contributed by atoms with Gasteiger partial charge in [-0.25, -0.2) is 13.1 Å². The number of fused-ring (bicyclic) bond motifs is 1. The highest BCUT2D eigenvalue weighted by molar-refractivity contribution is 7.89. The molecule has 0 bridgehead atoms. The highest BCUT2D eigenvalue weighted by Gasteiger charge is 2.29. The summed E-state index contributed by atoms with van der Waals surface area (Å²) >= 11 is 1.74. The van der Waals surface area contributed by atoms with E-state index in [1.165, 1.54) is 22.6 Å². The number of sulfonamides is 1. The summed E-state index contributed by atoms with van der Waals surface area (Å²) < 4.78 is 27.4. The standard InChI is InChI=1S/C19H24N2O3S2/c1-13-16-10-12-25-17(16)9-11-21(13)18(22)14-5-7-15(8-6-14)26(23,24)20-19(2,3)4/h5-8,10,12-13,20H,9,11H2,1-4H3/t13-/m1/s1. The molecule has 0 spiro atoms. The van der Waals surface area contributed by atoms with Crippen LogP contribution in [0, 0.1) is 0 Å². The Bertz CT molecular complexity index is 909. The SMILES string of the molecule is C[C@@H]1c2ccsc2CCN1C(=O)c1ccc(S(=O)(=O)NC(C)(C)C)cc1. The molecule has 5 nitrogen and oxygen atoms in total. The molecule has 1 amide bonds. The number of carbonyl (C=O) groups excluding carboxylic acids is 1. The smallest absolute Gasteiger partial charge is 0.254 e. The predicted molar refractivity (Wildman–Crippen MR) is 104 cm³/mol. The molecular weight excluding hydrogens is 368 g/mol. The van der Waals surface area contributed by atoms with E-state index in [4.69, 9.17) is 0 Å². The second kappa shape index (κ2) is 6.79. The molecule has 0 fully saturated rings. The fraction of sp³-hybridized carbons (Fsp3) is 0.421. The predicted octanol–water partition coefficient (Wildman–Crippen LogP) is 3.58. The lowest BCUT2D eigenvalue weighted by molar-refractivity contribution is 0.0679. The van der Waals surface area contributed by atoms with E-state index in [2.05, 4.69) is 16.2 Å². The zero-order valence-corrected chi connectivity index (χ0v) is 17.1. The minimum absolute atomic E-state index is 0.0310. The van der Waals surface area contributed by atoms with Gasteiger partial charge in [0.1, 0.15) is 0 Å². The molecule has 0 saturated heterocycles. The number of amides is 1. The number of carbonyl (C=O) groups is 1. The van der Waals surface area contributed by atoms with E-state index < -0.39 is 15.6 Å². The molecule has 0 aliphatic carbocycles. The zero-order valence-electron chi connectivity index (χ0n) is 15.4. The molecule has 1 atom stereocenters. The van der Waals surface area contributed by atoms with Gasteiger partial charge in [0, 0.05) is 22.5 Å². The van der Waals surface area contributed by atoms with Gasteiger partial charge in [-0.3, -0.25) is 4.79 Å². The van der Waals surface area contributed by atoms with Crippen LogP contribution in [0.3, 0.4) is 0 Å². The van der Waals surface area contributed by atoms with Crippen molar-refractivity contribution < 1.29 is 13.2 Å². The van der Waals surface area contributed by atoms with Crippen LogP contribution in [0.25, 0.3) is 0 Å². The lowest BCUT2D eigenvalue weighted by Crippen LogP contribution is -2.40. The third-order valence-electron chi connectivity index (χ3n) is 4.39. The molecule has 26 heavy (non-hydrogen) atoms. The van der Waals surface area contributed by atoms with Gasteiger partial charge >= 0.3 is 0 Å². The van der Waals surface area contributed by atoms with E-state index in [-0.39, 0.29) is 16.8 Å². The van der Waals surface area contributed by atoms with Crippen LogP contribution in [0.4, 0.5) is 0 Å². The molecule has 3 rings (SSSR count). The van der Waals surface area contributed by atoms with Crippen molar-refractivity contribution in [2.24, 2.45) is 0 Å². The molecule has 1 N–H and O–H groups in total. The number of benzene rings is 1. The Labute approximate surface area is 159 Å². The van der Waals surface area contributed by atoms with Crippen molar-refractivity contribution >= 4 is 27.3 Å². The van der Waals surface area contributed by atoms with Crippen LogP contribution in [0.15, 0.2) is 40.6 Å². The van der Waals surface area contributed by atoms with Gasteiger partial charge < -0.3 is 4.90 Å². The summed E-state index contributed by atoms with van der Waals surface area (Å²) in [5.41, 5.74) is 1.16. The van der Waals surface area contributed by atoms with Crippen LogP contribution in [0.5, 0.6) is 0 Å². The lowest BCUT2D eigenvalue weighted by atomic mass is 10.0. The van der Waals surface area contributed by atoms with Gasteiger partial charge in [-0.05, 0) is 75.4 Å². The van der Waals surface area contributed by atoms with E-state index in [9.17, 15) is 13.2 Å². The number of hydrogen-bond acceptors (Lipinski definition) is 4. The maximum atomic E-state index is 12.9. The van der Waals surface area contributed by atoms with E-state index in [0.717, 1.165) is 6.42 Å². The molecule has 0 radical (unpaired) electrons. The molecule has 7 heteroatoms. The topological polar surface area (TPSA) is 66.5 Å². The first-order chi connectivity index (χ1) is 12.1. The molecule has 2 heterocycles. The van der Waals surface area contributed by atoms with Crippen molar-refractivity contribution in [2.45, 2.75) is 50.6 Å². The van der Waals surface area contributed by atoms with Gasteiger partial charge in [0.2, 0.25) is 10.0 Å². The van der Waals surface area contributed by atoms with Crippen LogP contribution in [0.1, 0.15) is 54.5 Å². The maximum Gasteiger partial charge on any atom is 0.254 e. The van der Waals surface area contributed by atoms with Crippen molar-refractivity contribution in [3.05, 3.63) is 51.7 Å². The fourth-order valence-corrected chi connectivity index (χ4v) is 5.57. The van der Waals surface area contributed by atoms with Gasteiger partial charge in [0.15, 0.2) is 0 Å². The van der Waals surface area contributed by atoms with Gasteiger partial charge in [-0.1, -0.05) is 0 Å². The second-order valence-electron chi connectivity index (χ2n) is 7.60. The average Bonchev–Trinajstić information content (AvgIpc) is 3.02. The fourth-order valence-electron chi connectivity index (χ4n) is 3.19. The largest absolute Gasteiger partial charge is 0.331 e. The van der Waals surface area contributed by atoms with Crippen LogP contribution in [0.2, 0.25) is 0 Å². The minimum atomic E-state index is -3.60. The summed E-state index contributed by atoms with van der Waals surface area (Å²) in [4.78, 5) is 16.3. The third kappa shape index (κ3) is 3.84. The summed E-state index contributed by atoms with van der Waals surface area (Å²) in [5, 5.41) is 2.07. The number of nitrogens with one attached hydrogen (secondary N) is 1. The van der Waals surface area contributed by atoms with Crippen molar-refractivity contribution in [3.63, 3.8) is 0 Å². The Hall–Kier alpha value is -1.70. The molecule has 0 saturated carbocycles. The molecule has 1 aliphatic heterocycles. The molecule has 140 valence electrons. The van der Waals surface area contributed by atoms with E-state index >= 15 is 0 Å². The van der Waals surface area contributed by atoms with Crippen molar-refractivity contribution in [1.29, 1.82) is 0 Å². The van der Waals surface area contributed by atoms with Crippen LogP contribution in [-0.2, 0) is 16.4 Å². The third-order valence-corrected chi connectivity index (χ3v) is 7.16. The Balaban J connectivity index is 1.80. The van der Waals surface area contributed by atoms with E-state index in [1.54, 1.807) is 44.2 Å². The second-order valence-corrected chi connectivity index (χ2v) is 10.3. The maximum absolute atomic E-state index is 12.9. The first kappa shape index (κ1) is 19.1. The summed E-state index contributed by atoms with van der Waals surface area (Å²) in [6, 6.07) is 8.28. The van der Waals surface area contributed by atoms with Gasteiger partial charge in [0.05, 0.1) is 10.9 Å². The quantitative estimate of drug-likeness (QED) is 0.868. The summed E-state index contributed by atoms with van der Waals surface area (Å²) in [6.07, 6.45) is 0.866. The first-order valence-electron chi connectivity index (χ1n) is 8.60. The van der Waals surface area contributed by atoms with Crippen LogP contribution in [-0.4, -0.2) is 31.3 Å². The lowest BCUT2D eigenvalue weighted by Gasteiger charge is -2.33. The Morgan fingerprint density at radius 2 is 1.85 bits per heavy atom. The number of hydrogen-bond donors (Lipinski definition) is 1. The average molecular weight is 393 g/mol. The summed E-state index contributed by atoms with van der Waals surface area (Å²) in [7, 11) is -3.60. The molecule has 2 aromatic rings. The molecular formula is C19H24N2O3S2. The highest BCUT2D eigenvalue weighted by atomic mass is 32.2. The van der Waals surface area contributed by atoms with Gasteiger partial charge in [0.25, 0.3) is 5.91 Å². The Morgan fingerprint density at radius 3 is 2.46 bits per heavy atom. The molecule has 0 unspecified atom stereocenters. The zero-order chi connectivity index (χ0) is 19.1. The van der Waals surface area contributed by atoms with Gasteiger partial charge in [-0.2, -0.15) is 0 Å². The first-order valence-corrected chi connectivity index (χ1v) is 11.0. The summed E-state index contributed by atoms with van der Waals surface area (Å²) in [5.74, 6) is -0.0675. The van der Waals surface area contributed by atoms with Crippen molar-refractivity contribution in [3.8, 4) is 0 Å². The van der Waals surface area contributed by atoms with Crippen molar-refractivity contribution in [1.82, 2.24) is 9.62 Å². The molecule has 1 aromatic carbocycles. The Kier molecular flexibility index (Phi) is 4.98. The highest BCUT2D eigenvalue weighted by Crippen LogP contribution is 2.33. The Morgan fingerprint density at radius 1 is 1.19 bits per heavy atom. The minimum Gasteiger partial charge on any atom is -0.331 e. The monoisotopic (exact) mass is 392 g/mol. The van der Waals surface area contributed by atoms with Gasteiger partial charge in [-0.15, -0.1) is 11.3 Å². The number of thiophene rings is 1. The number of rotatable bonds is 3.